The van der Waals surface area contributed by atoms with E-state index >= 15 is 0 Å². The molecule has 0 radical (unpaired) electrons. The minimum Gasteiger partial charge on any atom is -0.348 e. The van der Waals surface area contributed by atoms with Crippen LogP contribution in [0.5, 0.6) is 0 Å². The summed E-state index contributed by atoms with van der Waals surface area (Å²) < 4.78 is 23.0. The lowest BCUT2D eigenvalue weighted by atomic mass is 9.92. The number of hydrogen-bond acceptors (Lipinski definition) is 4. The molecule has 6 nitrogen and oxygen atoms in total. The van der Waals surface area contributed by atoms with Crippen molar-refractivity contribution in [3.63, 3.8) is 0 Å². The highest BCUT2D eigenvalue weighted by Gasteiger charge is 2.34. The number of rotatable bonds is 3. The highest BCUT2D eigenvalue weighted by Crippen LogP contribution is 2.37. The number of carbonyl (C=O) groups excluding carboxylic acids is 1. The first kappa shape index (κ1) is 15.3. The van der Waals surface area contributed by atoms with Crippen molar-refractivity contribution in [1.82, 2.24) is 15.5 Å². The zero-order chi connectivity index (χ0) is 15.1. The zero-order valence-electron chi connectivity index (χ0n) is 11.7. The third-order valence-corrected chi connectivity index (χ3v) is 5.10. The number of nitrogens with zero attached hydrogens (tertiary/aromatic N) is 1. The Morgan fingerprint density at radius 2 is 2.15 bits per heavy atom. The Kier molecular flexibility index (Phi) is 3.85. The van der Waals surface area contributed by atoms with Gasteiger partial charge in [-0.05, 0) is 31.6 Å². The molecule has 1 heterocycles. The molecule has 0 saturated heterocycles. The molecular formula is C12H18ClN3O3S. The number of aryl methyl sites for hydroxylation is 1. The second-order valence-electron chi connectivity index (χ2n) is 6.04. The smallest absolute Gasteiger partial charge is 0.273 e. The summed E-state index contributed by atoms with van der Waals surface area (Å²) in [4.78, 5) is 11.9. The fourth-order valence-corrected chi connectivity index (χ4v) is 4.03. The molecule has 0 bridgehead atoms. The summed E-state index contributed by atoms with van der Waals surface area (Å²) in [6.45, 7) is 5.80. The van der Waals surface area contributed by atoms with E-state index in [-0.39, 0.29) is 27.7 Å². The van der Waals surface area contributed by atoms with Crippen LogP contribution in [0, 0.1) is 12.3 Å². The molecular weight excluding hydrogens is 302 g/mol. The Morgan fingerprint density at radius 3 is 2.65 bits per heavy atom. The second-order valence-corrected chi connectivity index (χ2v) is 8.54. The first-order valence-corrected chi connectivity index (χ1v) is 8.71. The fourth-order valence-electron chi connectivity index (χ4n) is 2.68. The average Bonchev–Trinajstić information content (AvgIpc) is 2.81. The molecule has 0 spiro atoms. The Labute approximate surface area is 122 Å². The summed E-state index contributed by atoms with van der Waals surface area (Å²) in [6.07, 6.45) is 2.77. The van der Waals surface area contributed by atoms with Crippen LogP contribution in [0.15, 0.2) is 4.90 Å². The first-order valence-electron chi connectivity index (χ1n) is 6.41. The predicted octanol–water partition coefficient (Wildman–Crippen LogP) is 1.95. The first-order chi connectivity index (χ1) is 9.10. The Morgan fingerprint density at radius 1 is 1.50 bits per heavy atom. The summed E-state index contributed by atoms with van der Waals surface area (Å²) in [5.74, 6) is -0.503. The molecule has 1 saturated carbocycles. The molecule has 1 aromatic heterocycles. The van der Waals surface area contributed by atoms with Gasteiger partial charge in [0.25, 0.3) is 15.0 Å². The SMILES string of the molecule is Cc1[nH]nc(C(=O)NC2CCC(C)(C)C2)c1S(=O)(=O)Cl. The monoisotopic (exact) mass is 319 g/mol. The molecule has 1 aliphatic carbocycles. The highest BCUT2D eigenvalue weighted by atomic mass is 35.7. The fraction of sp³-hybridized carbons (Fsp3) is 0.667. The van der Waals surface area contributed by atoms with Gasteiger partial charge in [-0.3, -0.25) is 9.89 Å². The molecule has 1 aliphatic rings. The second kappa shape index (κ2) is 5.04. The lowest BCUT2D eigenvalue weighted by molar-refractivity contribution is 0.0927. The van der Waals surface area contributed by atoms with Crippen molar-refractivity contribution in [2.24, 2.45) is 5.41 Å². The molecule has 2 rings (SSSR count). The lowest BCUT2D eigenvalue weighted by Crippen LogP contribution is -2.34. The van der Waals surface area contributed by atoms with Crippen molar-refractivity contribution in [2.45, 2.75) is 51.0 Å². The van der Waals surface area contributed by atoms with Gasteiger partial charge in [0.1, 0.15) is 4.90 Å². The van der Waals surface area contributed by atoms with Crippen LogP contribution in [0.2, 0.25) is 0 Å². The van der Waals surface area contributed by atoms with Gasteiger partial charge in [-0.15, -0.1) is 0 Å². The van der Waals surface area contributed by atoms with Gasteiger partial charge < -0.3 is 5.32 Å². The third kappa shape index (κ3) is 3.15. The van der Waals surface area contributed by atoms with Gasteiger partial charge in [0, 0.05) is 16.7 Å². The Balaban J connectivity index is 2.19. The van der Waals surface area contributed by atoms with Gasteiger partial charge in [-0.1, -0.05) is 13.8 Å². The summed E-state index contributed by atoms with van der Waals surface area (Å²) >= 11 is 0. The van der Waals surface area contributed by atoms with Gasteiger partial charge in [-0.2, -0.15) is 5.10 Å². The minimum atomic E-state index is -4.00. The van der Waals surface area contributed by atoms with Crippen molar-refractivity contribution < 1.29 is 13.2 Å². The Hall–Kier alpha value is -1.08. The van der Waals surface area contributed by atoms with Crippen LogP contribution in [0.25, 0.3) is 0 Å². The van der Waals surface area contributed by atoms with E-state index < -0.39 is 15.0 Å². The van der Waals surface area contributed by atoms with Crippen LogP contribution in [0.3, 0.4) is 0 Å². The Bertz CT molecular complexity index is 636. The number of aromatic nitrogens is 2. The van der Waals surface area contributed by atoms with Crippen molar-refractivity contribution >= 4 is 25.6 Å². The third-order valence-electron chi connectivity index (χ3n) is 3.65. The molecule has 20 heavy (non-hydrogen) atoms. The molecule has 2 N–H and O–H groups in total. The van der Waals surface area contributed by atoms with E-state index in [2.05, 4.69) is 29.4 Å². The maximum atomic E-state index is 12.2. The van der Waals surface area contributed by atoms with Crippen LogP contribution in [-0.2, 0) is 9.05 Å². The highest BCUT2D eigenvalue weighted by molar-refractivity contribution is 8.13. The molecule has 1 unspecified atom stereocenters. The predicted molar refractivity (Wildman–Crippen MR) is 75.2 cm³/mol. The molecule has 0 aliphatic heterocycles. The molecule has 0 aromatic carbocycles. The van der Waals surface area contributed by atoms with Crippen molar-refractivity contribution in [3.05, 3.63) is 11.4 Å². The topological polar surface area (TPSA) is 91.9 Å². The maximum absolute atomic E-state index is 12.2. The zero-order valence-corrected chi connectivity index (χ0v) is 13.2. The molecule has 1 amide bonds. The largest absolute Gasteiger partial charge is 0.348 e. The van der Waals surface area contributed by atoms with Crippen LogP contribution >= 0.6 is 10.7 Å². The minimum absolute atomic E-state index is 0.0420. The van der Waals surface area contributed by atoms with E-state index in [1.165, 1.54) is 6.92 Å². The van der Waals surface area contributed by atoms with Crippen molar-refractivity contribution in [2.75, 3.05) is 0 Å². The van der Waals surface area contributed by atoms with Crippen molar-refractivity contribution in [3.8, 4) is 0 Å². The lowest BCUT2D eigenvalue weighted by Gasteiger charge is -2.17. The summed E-state index contributed by atoms with van der Waals surface area (Å²) in [6, 6.07) is 0.0420. The molecule has 1 aromatic rings. The maximum Gasteiger partial charge on any atom is 0.273 e. The molecule has 8 heteroatoms. The number of halogens is 1. The van der Waals surface area contributed by atoms with E-state index in [4.69, 9.17) is 10.7 Å². The van der Waals surface area contributed by atoms with Crippen molar-refractivity contribution in [1.29, 1.82) is 0 Å². The van der Waals surface area contributed by atoms with E-state index in [9.17, 15) is 13.2 Å². The van der Waals surface area contributed by atoms with E-state index in [1.54, 1.807) is 0 Å². The summed E-state index contributed by atoms with van der Waals surface area (Å²) in [5.41, 5.74) is 0.292. The standard InChI is InChI=1S/C12H18ClN3O3S/c1-7-10(20(13,18)19)9(16-15-7)11(17)14-8-4-5-12(2,3)6-8/h8H,4-6H2,1-3H3,(H,14,17)(H,15,16). The van der Waals surface area contributed by atoms with Crippen LogP contribution in [0.1, 0.15) is 49.3 Å². The summed E-state index contributed by atoms with van der Waals surface area (Å²) in [5, 5.41) is 9.08. The normalized spacial score (nSPS) is 21.9. The number of carbonyl (C=O) groups is 1. The van der Waals surface area contributed by atoms with Gasteiger partial charge in [0.15, 0.2) is 5.69 Å². The average molecular weight is 320 g/mol. The number of amides is 1. The van der Waals surface area contributed by atoms with Crippen LogP contribution < -0.4 is 5.32 Å². The van der Waals surface area contributed by atoms with E-state index in [1.807, 2.05) is 0 Å². The van der Waals surface area contributed by atoms with Gasteiger partial charge in [-0.25, -0.2) is 8.42 Å². The van der Waals surface area contributed by atoms with Gasteiger partial charge >= 0.3 is 0 Å². The number of aromatic amines is 1. The van der Waals surface area contributed by atoms with Crippen LogP contribution in [-0.4, -0.2) is 30.6 Å². The molecule has 112 valence electrons. The number of H-pyrrole nitrogens is 1. The van der Waals surface area contributed by atoms with E-state index in [0.717, 1.165) is 19.3 Å². The van der Waals surface area contributed by atoms with Gasteiger partial charge in [0.05, 0.1) is 5.69 Å². The van der Waals surface area contributed by atoms with Crippen LogP contribution in [0.4, 0.5) is 0 Å². The number of nitrogens with one attached hydrogen (secondary N) is 2. The molecule has 1 fully saturated rings. The molecule has 1 atom stereocenters. The quantitative estimate of drug-likeness (QED) is 0.833. The summed E-state index contributed by atoms with van der Waals surface area (Å²) in [7, 11) is 1.34. The number of hydrogen-bond donors (Lipinski definition) is 2. The van der Waals surface area contributed by atoms with E-state index in [0.29, 0.717) is 0 Å². The van der Waals surface area contributed by atoms with Gasteiger partial charge in [0.2, 0.25) is 0 Å².